The first-order chi connectivity index (χ1) is 11.9. The highest BCUT2D eigenvalue weighted by Gasteiger charge is 2.38. The van der Waals surface area contributed by atoms with Crippen LogP contribution in [-0.2, 0) is 16.0 Å². The van der Waals surface area contributed by atoms with Gasteiger partial charge in [0.1, 0.15) is 11.8 Å². The van der Waals surface area contributed by atoms with Crippen LogP contribution in [0.25, 0.3) is 0 Å². The van der Waals surface area contributed by atoms with Crippen LogP contribution in [0, 0.1) is 0 Å². The molecule has 1 aliphatic heterocycles. The molecule has 4 amide bonds. The van der Waals surface area contributed by atoms with Crippen molar-refractivity contribution in [2.24, 2.45) is 0 Å². The van der Waals surface area contributed by atoms with Crippen LogP contribution in [0.3, 0.4) is 0 Å². The van der Waals surface area contributed by atoms with Crippen molar-refractivity contribution in [2.45, 2.75) is 31.8 Å². The third-order valence-electron chi connectivity index (χ3n) is 3.96. The Morgan fingerprint density at radius 2 is 2.04 bits per heavy atom. The molecule has 0 radical (unpaired) electrons. The van der Waals surface area contributed by atoms with Crippen LogP contribution in [0.15, 0.2) is 24.3 Å². The first-order valence-corrected chi connectivity index (χ1v) is 8.09. The van der Waals surface area contributed by atoms with Gasteiger partial charge in [0.15, 0.2) is 0 Å². The van der Waals surface area contributed by atoms with Crippen molar-refractivity contribution in [3.63, 3.8) is 0 Å². The summed E-state index contributed by atoms with van der Waals surface area (Å²) in [5, 5.41) is 14.0. The Hall–Kier alpha value is -2.61. The number of urea groups is 1. The van der Waals surface area contributed by atoms with Gasteiger partial charge in [-0.25, -0.2) is 4.79 Å². The molecular weight excluding hydrogens is 326 g/mol. The van der Waals surface area contributed by atoms with Crippen LogP contribution in [0.4, 0.5) is 4.79 Å². The van der Waals surface area contributed by atoms with Crippen LogP contribution in [0.2, 0.25) is 0 Å². The standard InChI is InChI=1S/C17H23N3O5/c1-11(10-21)18-15(22)9-14-16(23)20(17(24)19-14)8-7-12-3-5-13(25-2)6-4-12/h3-6,11,14,21H,7-10H2,1-2H3,(H,18,22)(H,19,24)/t11-,14+/m0/s1. The summed E-state index contributed by atoms with van der Waals surface area (Å²) in [4.78, 5) is 37.2. The van der Waals surface area contributed by atoms with Gasteiger partial charge in [-0.15, -0.1) is 0 Å². The van der Waals surface area contributed by atoms with Crippen molar-refractivity contribution in [3.8, 4) is 5.75 Å². The van der Waals surface area contributed by atoms with E-state index in [-0.39, 0.29) is 19.6 Å². The summed E-state index contributed by atoms with van der Waals surface area (Å²) in [7, 11) is 1.58. The number of carbonyl (C=O) groups excluding carboxylic acids is 3. The predicted octanol–water partition coefficient (Wildman–Crippen LogP) is 0.0452. The molecule has 1 heterocycles. The molecule has 1 aromatic carbocycles. The molecule has 0 aliphatic carbocycles. The lowest BCUT2D eigenvalue weighted by molar-refractivity contribution is -0.131. The lowest BCUT2D eigenvalue weighted by atomic mass is 10.1. The zero-order valence-corrected chi connectivity index (χ0v) is 14.3. The van der Waals surface area contributed by atoms with E-state index < -0.39 is 29.9 Å². The third-order valence-corrected chi connectivity index (χ3v) is 3.96. The predicted molar refractivity (Wildman–Crippen MR) is 90.0 cm³/mol. The highest BCUT2D eigenvalue weighted by atomic mass is 16.5. The molecule has 0 aromatic heterocycles. The second-order valence-electron chi connectivity index (χ2n) is 5.95. The van der Waals surface area contributed by atoms with Crippen molar-refractivity contribution in [1.82, 2.24) is 15.5 Å². The van der Waals surface area contributed by atoms with Crippen LogP contribution in [0.1, 0.15) is 18.9 Å². The first kappa shape index (κ1) is 18.7. The van der Waals surface area contributed by atoms with Crippen LogP contribution >= 0.6 is 0 Å². The Bertz CT molecular complexity index is 632. The van der Waals surface area contributed by atoms with E-state index >= 15 is 0 Å². The summed E-state index contributed by atoms with van der Waals surface area (Å²) < 4.78 is 5.09. The Morgan fingerprint density at radius 1 is 1.36 bits per heavy atom. The van der Waals surface area contributed by atoms with E-state index in [2.05, 4.69) is 10.6 Å². The highest BCUT2D eigenvalue weighted by Crippen LogP contribution is 2.14. The molecule has 1 saturated heterocycles. The minimum absolute atomic E-state index is 0.145. The maximum atomic E-state index is 12.3. The maximum Gasteiger partial charge on any atom is 0.324 e. The van der Waals surface area contributed by atoms with Gasteiger partial charge in [0.25, 0.3) is 5.91 Å². The molecule has 3 N–H and O–H groups in total. The normalized spacial score (nSPS) is 18.0. The van der Waals surface area contributed by atoms with Crippen molar-refractivity contribution in [3.05, 3.63) is 29.8 Å². The van der Waals surface area contributed by atoms with Crippen LogP contribution < -0.4 is 15.4 Å². The molecule has 2 rings (SSSR count). The van der Waals surface area contributed by atoms with Gasteiger partial charge in [-0.05, 0) is 31.0 Å². The molecule has 2 atom stereocenters. The van der Waals surface area contributed by atoms with Crippen LogP contribution in [-0.4, -0.2) is 60.2 Å². The smallest absolute Gasteiger partial charge is 0.324 e. The summed E-state index contributed by atoms with van der Waals surface area (Å²) in [6.45, 7) is 1.70. The molecule has 136 valence electrons. The number of hydrogen-bond acceptors (Lipinski definition) is 5. The fraction of sp³-hybridized carbons (Fsp3) is 0.471. The van der Waals surface area contributed by atoms with Gasteiger partial charge in [0.2, 0.25) is 5.91 Å². The Balaban J connectivity index is 1.88. The largest absolute Gasteiger partial charge is 0.497 e. The number of nitrogens with zero attached hydrogens (tertiary/aromatic N) is 1. The third kappa shape index (κ3) is 4.93. The number of rotatable bonds is 8. The van der Waals surface area contributed by atoms with E-state index in [9.17, 15) is 14.4 Å². The maximum absolute atomic E-state index is 12.3. The molecule has 0 bridgehead atoms. The number of nitrogens with one attached hydrogen (secondary N) is 2. The Morgan fingerprint density at radius 3 is 2.64 bits per heavy atom. The monoisotopic (exact) mass is 349 g/mol. The van der Waals surface area contributed by atoms with Gasteiger partial charge in [-0.3, -0.25) is 14.5 Å². The lowest BCUT2D eigenvalue weighted by Crippen LogP contribution is -2.40. The number of imide groups is 1. The van der Waals surface area contributed by atoms with Crippen LogP contribution in [0.5, 0.6) is 5.75 Å². The topological polar surface area (TPSA) is 108 Å². The number of ether oxygens (including phenoxy) is 1. The molecule has 0 unspecified atom stereocenters. The summed E-state index contributed by atoms with van der Waals surface area (Å²) >= 11 is 0. The van der Waals surface area contributed by atoms with Gasteiger partial charge < -0.3 is 20.5 Å². The zero-order chi connectivity index (χ0) is 18.4. The SMILES string of the molecule is COc1ccc(CCN2C(=O)N[C@H](CC(=O)N[C@@H](C)CO)C2=O)cc1. The number of methoxy groups -OCH3 is 1. The molecule has 0 spiro atoms. The fourth-order valence-corrected chi connectivity index (χ4v) is 2.52. The molecule has 8 nitrogen and oxygen atoms in total. The number of amides is 4. The van der Waals surface area contributed by atoms with E-state index in [1.165, 1.54) is 0 Å². The van der Waals surface area contributed by atoms with E-state index in [0.29, 0.717) is 6.42 Å². The molecule has 1 fully saturated rings. The number of benzene rings is 1. The molecular formula is C17H23N3O5. The van der Waals surface area contributed by atoms with E-state index in [4.69, 9.17) is 9.84 Å². The second kappa shape index (κ2) is 8.48. The zero-order valence-electron chi connectivity index (χ0n) is 14.3. The van der Waals surface area contributed by atoms with Gasteiger partial charge in [0, 0.05) is 12.6 Å². The number of carbonyl (C=O) groups is 3. The van der Waals surface area contributed by atoms with E-state index in [0.717, 1.165) is 16.2 Å². The quantitative estimate of drug-likeness (QED) is 0.575. The molecule has 8 heteroatoms. The van der Waals surface area contributed by atoms with Crippen molar-refractivity contribution >= 4 is 17.8 Å². The Labute approximate surface area is 146 Å². The van der Waals surface area contributed by atoms with E-state index in [1.807, 2.05) is 24.3 Å². The first-order valence-electron chi connectivity index (χ1n) is 8.09. The molecule has 0 saturated carbocycles. The van der Waals surface area contributed by atoms with Crippen molar-refractivity contribution < 1.29 is 24.2 Å². The molecule has 25 heavy (non-hydrogen) atoms. The number of hydrogen-bond donors (Lipinski definition) is 3. The number of aliphatic hydroxyl groups is 1. The minimum atomic E-state index is -0.866. The summed E-state index contributed by atoms with van der Waals surface area (Å²) in [6, 6.07) is 5.62. The molecule has 1 aromatic rings. The average molecular weight is 349 g/mol. The summed E-state index contributed by atoms with van der Waals surface area (Å²) in [5.74, 6) is -0.0653. The fourth-order valence-electron chi connectivity index (χ4n) is 2.52. The second-order valence-corrected chi connectivity index (χ2v) is 5.95. The lowest BCUT2D eigenvalue weighted by Gasteiger charge is -2.14. The number of aliphatic hydroxyl groups excluding tert-OH is 1. The summed E-state index contributed by atoms with van der Waals surface area (Å²) in [5.41, 5.74) is 0.972. The Kier molecular flexibility index (Phi) is 6.35. The van der Waals surface area contributed by atoms with Gasteiger partial charge >= 0.3 is 6.03 Å². The molecule has 1 aliphatic rings. The minimum Gasteiger partial charge on any atom is -0.497 e. The van der Waals surface area contributed by atoms with Gasteiger partial charge in [-0.1, -0.05) is 12.1 Å². The average Bonchev–Trinajstić information content (AvgIpc) is 2.86. The van der Waals surface area contributed by atoms with Crippen molar-refractivity contribution in [1.29, 1.82) is 0 Å². The van der Waals surface area contributed by atoms with Crippen molar-refractivity contribution in [2.75, 3.05) is 20.3 Å². The highest BCUT2D eigenvalue weighted by molar-refractivity contribution is 6.05. The summed E-state index contributed by atoms with van der Waals surface area (Å²) in [6.07, 6.45) is 0.373. The van der Waals surface area contributed by atoms with Gasteiger partial charge in [0.05, 0.1) is 20.1 Å². The van der Waals surface area contributed by atoms with E-state index in [1.54, 1.807) is 14.0 Å². The van der Waals surface area contributed by atoms with Gasteiger partial charge in [-0.2, -0.15) is 0 Å².